The van der Waals surface area contributed by atoms with Gasteiger partial charge >= 0.3 is 0 Å². The van der Waals surface area contributed by atoms with E-state index in [9.17, 15) is 5.11 Å². The van der Waals surface area contributed by atoms with E-state index in [1.54, 1.807) is 6.07 Å². The first-order valence-corrected chi connectivity index (χ1v) is 6.94. The maximum absolute atomic E-state index is 10.3. The molecule has 0 saturated carbocycles. The van der Waals surface area contributed by atoms with Gasteiger partial charge in [0.1, 0.15) is 5.75 Å². The first-order valence-electron chi connectivity index (χ1n) is 6.94. The fraction of sp³-hybridized carbons (Fsp3) is 0.333. The van der Waals surface area contributed by atoms with Crippen LogP contribution in [0.15, 0.2) is 48.5 Å². The van der Waals surface area contributed by atoms with E-state index in [4.69, 9.17) is 0 Å². The molecular weight excluding hydrogens is 232 g/mol. The van der Waals surface area contributed by atoms with Crippen molar-refractivity contribution >= 4 is 0 Å². The third kappa shape index (κ3) is 2.65. The first kappa shape index (κ1) is 13.7. The number of phenols is 1. The zero-order chi connectivity index (χ0) is 13.9. The summed E-state index contributed by atoms with van der Waals surface area (Å²) in [4.78, 5) is 0. The quantitative estimate of drug-likeness (QED) is 0.840. The number of rotatable bonds is 4. The van der Waals surface area contributed by atoms with Crippen molar-refractivity contribution in [3.05, 3.63) is 65.2 Å². The fourth-order valence-corrected chi connectivity index (χ4v) is 2.78. The van der Waals surface area contributed by atoms with Gasteiger partial charge in [-0.3, -0.25) is 0 Å². The summed E-state index contributed by atoms with van der Waals surface area (Å²) in [5, 5.41) is 10.3. The summed E-state index contributed by atoms with van der Waals surface area (Å²) < 4.78 is 0. The van der Waals surface area contributed by atoms with E-state index in [1.165, 1.54) is 11.1 Å². The minimum atomic E-state index is -0.183. The molecule has 0 atom stereocenters. The Balaban J connectivity index is 2.57. The number of hydrogen-bond acceptors (Lipinski definition) is 1. The molecule has 0 aliphatic rings. The van der Waals surface area contributed by atoms with Gasteiger partial charge in [0.25, 0.3) is 0 Å². The van der Waals surface area contributed by atoms with Crippen LogP contribution in [0.5, 0.6) is 5.75 Å². The topological polar surface area (TPSA) is 20.2 Å². The minimum Gasteiger partial charge on any atom is -0.508 e. The van der Waals surface area contributed by atoms with Gasteiger partial charge < -0.3 is 5.11 Å². The van der Waals surface area contributed by atoms with Crippen molar-refractivity contribution in [1.29, 1.82) is 0 Å². The molecule has 0 radical (unpaired) electrons. The molecule has 2 aromatic carbocycles. The molecule has 19 heavy (non-hydrogen) atoms. The molecule has 0 saturated heterocycles. The van der Waals surface area contributed by atoms with Gasteiger partial charge in [0.05, 0.1) is 0 Å². The van der Waals surface area contributed by atoms with Crippen molar-refractivity contribution in [2.75, 3.05) is 0 Å². The molecule has 100 valence electrons. The molecular formula is C18H22O. The minimum absolute atomic E-state index is 0.183. The average molecular weight is 254 g/mol. The second kappa shape index (κ2) is 5.48. The Morgan fingerprint density at radius 3 is 2.26 bits per heavy atom. The van der Waals surface area contributed by atoms with Crippen LogP contribution in [0.3, 0.4) is 0 Å². The third-order valence-electron chi connectivity index (χ3n) is 3.77. The summed E-state index contributed by atoms with van der Waals surface area (Å²) in [7, 11) is 0. The highest BCUT2D eigenvalue weighted by molar-refractivity contribution is 5.49. The van der Waals surface area contributed by atoms with E-state index in [0.29, 0.717) is 5.75 Å². The molecule has 0 fully saturated rings. The van der Waals surface area contributed by atoms with Gasteiger partial charge in [-0.15, -0.1) is 0 Å². The predicted molar refractivity (Wildman–Crippen MR) is 80.7 cm³/mol. The molecule has 0 aliphatic carbocycles. The molecule has 0 aromatic heterocycles. The lowest BCUT2D eigenvalue weighted by molar-refractivity contribution is 0.451. The van der Waals surface area contributed by atoms with Crippen molar-refractivity contribution in [1.82, 2.24) is 0 Å². The summed E-state index contributed by atoms with van der Waals surface area (Å²) in [6.07, 6.45) is 2.08. The number of aromatic hydroxyl groups is 1. The van der Waals surface area contributed by atoms with Crippen LogP contribution in [-0.2, 0) is 11.8 Å². The number of phenolic OH excluding ortho intramolecular Hbond substituents is 1. The van der Waals surface area contributed by atoms with Gasteiger partial charge in [0.2, 0.25) is 0 Å². The fourth-order valence-electron chi connectivity index (χ4n) is 2.78. The lowest BCUT2D eigenvalue weighted by Gasteiger charge is -2.29. The van der Waals surface area contributed by atoms with E-state index < -0.39 is 0 Å². The van der Waals surface area contributed by atoms with E-state index >= 15 is 0 Å². The van der Waals surface area contributed by atoms with Gasteiger partial charge in [0.15, 0.2) is 0 Å². The van der Waals surface area contributed by atoms with Gasteiger partial charge in [-0.2, -0.15) is 0 Å². The smallest absolute Gasteiger partial charge is 0.119 e. The molecule has 0 heterocycles. The molecule has 2 rings (SSSR count). The van der Waals surface area contributed by atoms with Gasteiger partial charge in [-0.1, -0.05) is 69.7 Å². The Labute approximate surface area is 115 Å². The Morgan fingerprint density at radius 1 is 0.947 bits per heavy atom. The monoisotopic (exact) mass is 254 g/mol. The highest BCUT2D eigenvalue weighted by atomic mass is 16.3. The Morgan fingerprint density at radius 2 is 1.63 bits per heavy atom. The summed E-state index contributed by atoms with van der Waals surface area (Å²) in [5.41, 5.74) is 3.35. The van der Waals surface area contributed by atoms with Crippen LogP contribution in [0.2, 0.25) is 0 Å². The second-order valence-electron chi connectivity index (χ2n) is 5.55. The largest absolute Gasteiger partial charge is 0.508 e. The van der Waals surface area contributed by atoms with E-state index in [-0.39, 0.29) is 5.41 Å². The van der Waals surface area contributed by atoms with Crippen LogP contribution in [-0.4, -0.2) is 5.11 Å². The maximum Gasteiger partial charge on any atom is 0.119 e. The van der Waals surface area contributed by atoms with Crippen LogP contribution < -0.4 is 0 Å². The van der Waals surface area contributed by atoms with Crippen molar-refractivity contribution in [2.45, 2.75) is 39.0 Å². The van der Waals surface area contributed by atoms with Crippen LogP contribution in [0, 0.1) is 0 Å². The molecule has 0 spiro atoms. The summed E-state index contributed by atoms with van der Waals surface area (Å²) in [6, 6.07) is 16.2. The van der Waals surface area contributed by atoms with Crippen molar-refractivity contribution in [2.24, 2.45) is 0 Å². The second-order valence-corrected chi connectivity index (χ2v) is 5.55. The molecule has 0 bridgehead atoms. The number of benzene rings is 2. The number of hydrogen-bond donors (Lipinski definition) is 1. The molecule has 2 aromatic rings. The SMILES string of the molecule is CCCc1cccc(O)c1C(C)(C)c1ccccc1. The summed E-state index contributed by atoms with van der Waals surface area (Å²) in [5.74, 6) is 0.403. The standard InChI is InChI=1S/C18H22O/c1-4-9-14-10-8-13-16(19)17(14)18(2,3)15-11-6-5-7-12-15/h5-8,10-13,19H,4,9H2,1-3H3. The van der Waals surface area contributed by atoms with Crippen LogP contribution >= 0.6 is 0 Å². The van der Waals surface area contributed by atoms with Gasteiger partial charge in [-0.05, 0) is 23.6 Å². The van der Waals surface area contributed by atoms with Gasteiger partial charge in [-0.25, -0.2) is 0 Å². The maximum atomic E-state index is 10.3. The van der Waals surface area contributed by atoms with Crippen molar-refractivity contribution in [3.63, 3.8) is 0 Å². The zero-order valence-corrected chi connectivity index (χ0v) is 12.0. The first-order chi connectivity index (χ1) is 9.07. The van der Waals surface area contributed by atoms with Crippen molar-refractivity contribution < 1.29 is 5.11 Å². The Bertz CT molecular complexity index is 541. The van der Waals surface area contributed by atoms with Gasteiger partial charge in [0, 0.05) is 11.0 Å². The third-order valence-corrected chi connectivity index (χ3v) is 3.77. The molecule has 0 aliphatic heterocycles. The highest BCUT2D eigenvalue weighted by Gasteiger charge is 2.28. The predicted octanol–water partition coefficient (Wildman–Crippen LogP) is 4.67. The molecule has 1 heteroatoms. The lowest BCUT2D eigenvalue weighted by atomic mass is 9.75. The van der Waals surface area contributed by atoms with Crippen LogP contribution in [0.25, 0.3) is 0 Å². The normalized spacial score (nSPS) is 11.5. The van der Waals surface area contributed by atoms with Crippen LogP contribution in [0.1, 0.15) is 43.9 Å². The molecule has 0 amide bonds. The van der Waals surface area contributed by atoms with Crippen LogP contribution in [0.4, 0.5) is 0 Å². The van der Waals surface area contributed by atoms with E-state index in [0.717, 1.165) is 18.4 Å². The molecule has 1 N–H and O–H groups in total. The summed E-state index contributed by atoms with van der Waals surface area (Å²) >= 11 is 0. The number of aryl methyl sites for hydroxylation is 1. The lowest BCUT2D eigenvalue weighted by Crippen LogP contribution is -2.21. The Hall–Kier alpha value is -1.76. The summed E-state index contributed by atoms with van der Waals surface area (Å²) in [6.45, 7) is 6.52. The molecule has 1 nitrogen and oxygen atoms in total. The molecule has 0 unspecified atom stereocenters. The van der Waals surface area contributed by atoms with E-state index in [2.05, 4.69) is 51.1 Å². The van der Waals surface area contributed by atoms with E-state index in [1.807, 2.05) is 12.1 Å². The highest BCUT2D eigenvalue weighted by Crippen LogP contribution is 2.39. The van der Waals surface area contributed by atoms with Crippen molar-refractivity contribution in [3.8, 4) is 5.75 Å². The zero-order valence-electron chi connectivity index (χ0n) is 12.0. The average Bonchev–Trinajstić information content (AvgIpc) is 2.40. The Kier molecular flexibility index (Phi) is 3.94.